The van der Waals surface area contributed by atoms with Gasteiger partial charge in [0.1, 0.15) is 5.52 Å². The van der Waals surface area contributed by atoms with Crippen LogP contribution in [0.15, 0.2) is 58.6 Å². The number of benzene rings is 1. The maximum absolute atomic E-state index is 13.1. The summed E-state index contributed by atoms with van der Waals surface area (Å²) < 4.78 is 28.0. The first-order valence-electron chi connectivity index (χ1n) is 8.39. The molecule has 0 amide bonds. The average Bonchev–Trinajstić information content (AvgIpc) is 3.04. The van der Waals surface area contributed by atoms with Gasteiger partial charge in [-0.2, -0.15) is 5.10 Å². The molecule has 0 spiro atoms. The highest BCUT2D eigenvalue weighted by Gasteiger charge is 2.29. The van der Waals surface area contributed by atoms with Crippen LogP contribution < -0.4 is 0 Å². The number of pyridine rings is 1. The first kappa shape index (κ1) is 16.2. The van der Waals surface area contributed by atoms with E-state index in [1.807, 2.05) is 16.8 Å². The van der Waals surface area contributed by atoms with Gasteiger partial charge >= 0.3 is 0 Å². The van der Waals surface area contributed by atoms with Crippen molar-refractivity contribution in [2.45, 2.75) is 28.8 Å². The second-order valence-electron chi connectivity index (χ2n) is 6.47. The monoisotopic (exact) mass is 356 g/mol. The van der Waals surface area contributed by atoms with E-state index in [1.54, 1.807) is 36.5 Å². The SMILES string of the molecule is CN1CCC(n2nc(S(=O)(=O)c3ccccc3)c3ncccc32)CC1. The van der Waals surface area contributed by atoms with E-state index in [2.05, 4.69) is 22.0 Å². The summed E-state index contributed by atoms with van der Waals surface area (Å²) in [5, 5.41) is 4.58. The zero-order chi connectivity index (χ0) is 17.4. The second kappa shape index (κ2) is 6.24. The molecule has 25 heavy (non-hydrogen) atoms. The summed E-state index contributed by atoms with van der Waals surface area (Å²) in [7, 11) is -1.60. The Kier molecular flexibility index (Phi) is 4.05. The van der Waals surface area contributed by atoms with Gasteiger partial charge in [-0.15, -0.1) is 0 Å². The molecular weight excluding hydrogens is 336 g/mol. The van der Waals surface area contributed by atoms with Gasteiger partial charge in [0.05, 0.1) is 16.5 Å². The molecule has 0 unspecified atom stereocenters. The van der Waals surface area contributed by atoms with Crippen LogP contribution in [0, 0.1) is 0 Å². The summed E-state index contributed by atoms with van der Waals surface area (Å²) in [6.07, 6.45) is 3.52. The van der Waals surface area contributed by atoms with Gasteiger partial charge in [-0.3, -0.25) is 9.67 Å². The predicted octanol–water partition coefficient (Wildman–Crippen LogP) is 2.53. The van der Waals surface area contributed by atoms with Crippen LogP contribution in [-0.2, 0) is 9.84 Å². The molecule has 1 aliphatic rings. The Morgan fingerprint density at radius 3 is 2.48 bits per heavy atom. The standard InChI is InChI=1S/C18H20N4O2S/c1-21-12-9-14(10-13-21)22-16-8-5-11-19-17(16)18(20-22)25(23,24)15-6-3-2-4-7-15/h2-8,11,14H,9-10,12-13H2,1H3. The first-order valence-corrected chi connectivity index (χ1v) is 9.87. The van der Waals surface area contributed by atoms with Gasteiger partial charge < -0.3 is 4.90 Å². The summed E-state index contributed by atoms with van der Waals surface area (Å²) in [5.74, 6) is 0. The van der Waals surface area contributed by atoms with Crippen molar-refractivity contribution < 1.29 is 8.42 Å². The normalized spacial score (nSPS) is 17.2. The Bertz CT molecular complexity index is 990. The van der Waals surface area contributed by atoms with Gasteiger partial charge in [0, 0.05) is 6.20 Å². The third kappa shape index (κ3) is 2.83. The number of likely N-dealkylation sites (tertiary alicyclic amines) is 1. The highest BCUT2D eigenvalue weighted by atomic mass is 32.2. The fourth-order valence-corrected chi connectivity index (χ4v) is 4.70. The number of fused-ring (bicyclic) bond motifs is 1. The number of hydrogen-bond acceptors (Lipinski definition) is 5. The molecule has 0 N–H and O–H groups in total. The smallest absolute Gasteiger partial charge is 0.227 e. The second-order valence-corrected chi connectivity index (χ2v) is 8.34. The van der Waals surface area contributed by atoms with Crippen molar-refractivity contribution in [1.82, 2.24) is 19.7 Å². The van der Waals surface area contributed by atoms with Gasteiger partial charge in [0.15, 0.2) is 0 Å². The molecule has 4 rings (SSSR count). The van der Waals surface area contributed by atoms with Crippen molar-refractivity contribution >= 4 is 20.9 Å². The van der Waals surface area contributed by atoms with E-state index in [9.17, 15) is 8.42 Å². The van der Waals surface area contributed by atoms with E-state index in [0.717, 1.165) is 31.4 Å². The Hall–Kier alpha value is -2.25. The molecule has 2 aromatic heterocycles. The molecule has 0 saturated carbocycles. The van der Waals surface area contributed by atoms with Crippen molar-refractivity contribution in [2.75, 3.05) is 20.1 Å². The average molecular weight is 356 g/mol. The largest absolute Gasteiger partial charge is 0.306 e. The quantitative estimate of drug-likeness (QED) is 0.721. The third-order valence-corrected chi connectivity index (χ3v) is 6.45. The number of aromatic nitrogens is 3. The van der Waals surface area contributed by atoms with Crippen molar-refractivity contribution in [3.63, 3.8) is 0 Å². The fourth-order valence-electron chi connectivity index (χ4n) is 3.36. The van der Waals surface area contributed by atoms with Crippen LogP contribution >= 0.6 is 0 Å². The zero-order valence-corrected chi connectivity index (χ0v) is 14.9. The van der Waals surface area contributed by atoms with E-state index in [4.69, 9.17) is 0 Å². The minimum Gasteiger partial charge on any atom is -0.306 e. The molecule has 1 fully saturated rings. The molecule has 130 valence electrons. The van der Waals surface area contributed by atoms with E-state index in [1.165, 1.54) is 0 Å². The maximum atomic E-state index is 13.1. The summed E-state index contributed by atoms with van der Waals surface area (Å²) in [4.78, 5) is 6.86. The molecule has 7 heteroatoms. The lowest BCUT2D eigenvalue weighted by Gasteiger charge is -2.29. The molecule has 1 aromatic carbocycles. The molecule has 0 aliphatic carbocycles. The summed E-state index contributed by atoms with van der Waals surface area (Å²) >= 11 is 0. The number of nitrogens with zero attached hydrogens (tertiary/aromatic N) is 4. The van der Waals surface area contributed by atoms with Gasteiger partial charge in [-0.25, -0.2) is 8.42 Å². The topological polar surface area (TPSA) is 68.1 Å². The fraction of sp³-hybridized carbons (Fsp3) is 0.333. The predicted molar refractivity (Wildman–Crippen MR) is 95.2 cm³/mol. The van der Waals surface area contributed by atoms with Crippen LogP contribution in [0.2, 0.25) is 0 Å². The number of piperidine rings is 1. The van der Waals surface area contributed by atoms with Crippen molar-refractivity contribution in [3.8, 4) is 0 Å². The Morgan fingerprint density at radius 1 is 1.04 bits per heavy atom. The molecule has 6 nitrogen and oxygen atoms in total. The van der Waals surface area contributed by atoms with Gasteiger partial charge in [-0.1, -0.05) is 18.2 Å². The highest BCUT2D eigenvalue weighted by Crippen LogP contribution is 2.31. The zero-order valence-electron chi connectivity index (χ0n) is 14.0. The Balaban J connectivity index is 1.86. The minimum absolute atomic E-state index is 0.0493. The molecule has 1 saturated heterocycles. The summed E-state index contributed by atoms with van der Waals surface area (Å²) in [5.41, 5.74) is 1.23. The van der Waals surface area contributed by atoms with Gasteiger partial charge in [-0.05, 0) is 57.2 Å². The maximum Gasteiger partial charge on any atom is 0.227 e. The number of rotatable bonds is 3. The third-order valence-electron chi connectivity index (χ3n) is 4.78. The van der Waals surface area contributed by atoms with Crippen LogP contribution in [0.4, 0.5) is 0 Å². The van der Waals surface area contributed by atoms with Crippen LogP contribution in [0.25, 0.3) is 11.0 Å². The van der Waals surface area contributed by atoms with Crippen LogP contribution in [0.5, 0.6) is 0 Å². The molecule has 0 atom stereocenters. The lowest BCUT2D eigenvalue weighted by molar-refractivity contribution is 0.214. The number of hydrogen-bond donors (Lipinski definition) is 0. The van der Waals surface area contributed by atoms with E-state index >= 15 is 0 Å². The summed E-state index contributed by atoms with van der Waals surface area (Å²) in [6.45, 7) is 1.96. The minimum atomic E-state index is -3.70. The van der Waals surface area contributed by atoms with Crippen molar-refractivity contribution in [1.29, 1.82) is 0 Å². The molecule has 0 bridgehead atoms. The lowest BCUT2D eigenvalue weighted by Crippen LogP contribution is -2.31. The molecule has 0 radical (unpaired) electrons. The summed E-state index contributed by atoms with van der Waals surface area (Å²) in [6, 6.07) is 12.4. The van der Waals surface area contributed by atoms with Crippen LogP contribution in [0.3, 0.4) is 0 Å². The van der Waals surface area contributed by atoms with Gasteiger partial charge in [0.2, 0.25) is 14.9 Å². The highest BCUT2D eigenvalue weighted by molar-refractivity contribution is 7.91. The Morgan fingerprint density at radius 2 is 1.76 bits per heavy atom. The van der Waals surface area contributed by atoms with Crippen LogP contribution in [-0.4, -0.2) is 48.2 Å². The molecule has 3 aromatic rings. The molecular formula is C18H20N4O2S. The first-order chi connectivity index (χ1) is 12.1. The van der Waals surface area contributed by atoms with E-state index in [-0.39, 0.29) is 16.0 Å². The van der Waals surface area contributed by atoms with E-state index in [0.29, 0.717) is 5.52 Å². The van der Waals surface area contributed by atoms with Crippen LogP contribution in [0.1, 0.15) is 18.9 Å². The Labute approximate surface area is 147 Å². The lowest BCUT2D eigenvalue weighted by atomic mass is 10.1. The number of sulfone groups is 1. The van der Waals surface area contributed by atoms with Crippen molar-refractivity contribution in [3.05, 3.63) is 48.7 Å². The van der Waals surface area contributed by atoms with Crippen molar-refractivity contribution in [2.24, 2.45) is 0 Å². The van der Waals surface area contributed by atoms with E-state index < -0.39 is 9.84 Å². The molecule has 3 heterocycles. The van der Waals surface area contributed by atoms with Gasteiger partial charge in [0.25, 0.3) is 0 Å². The molecule has 1 aliphatic heterocycles.